The fourth-order valence-electron chi connectivity index (χ4n) is 2.68. The minimum atomic E-state index is -0.101. The van der Waals surface area contributed by atoms with Crippen molar-refractivity contribution in [3.8, 4) is 11.5 Å². The maximum absolute atomic E-state index is 11.3. The first-order valence-electron chi connectivity index (χ1n) is 10.0. The molecule has 8 heteroatoms. The number of carbonyl (C=O) groups is 1. The second-order valence-corrected chi connectivity index (χ2v) is 6.27. The van der Waals surface area contributed by atoms with Crippen molar-refractivity contribution in [1.82, 2.24) is 10.6 Å². The molecule has 0 unspecified atom stereocenters. The number of nitrogens with one attached hydrogen (secondary N) is 2. The second kappa shape index (κ2) is 17.2. The lowest BCUT2D eigenvalue weighted by Gasteiger charge is -2.12. The summed E-state index contributed by atoms with van der Waals surface area (Å²) in [6, 6.07) is 5.74. The van der Waals surface area contributed by atoms with Gasteiger partial charge in [-0.05, 0) is 38.8 Å². The van der Waals surface area contributed by atoms with Crippen LogP contribution in [0.5, 0.6) is 11.5 Å². The first-order valence-corrected chi connectivity index (χ1v) is 10.0. The van der Waals surface area contributed by atoms with Gasteiger partial charge in [0.1, 0.15) is 11.5 Å². The average molecular weight is 521 g/mol. The number of nitrogens with zero attached hydrogens (tertiary/aromatic N) is 1. The molecular weight excluding hydrogens is 485 g/mol. The number of guanidine groups is 1. The molecule has 29 heavy (non-hydrogen) atoms. The van der Waals surface area contributed by atoms with Crippen LogP contribution in [0.1, 0.15) is 51.5 Å². The molecule has 0 fully saturated rings. The zero-order valence-corrected chi connectivity index (χ0v) is 20.4. The van der Waals surface area contributed by atoms with E-state index in [4.69, 9.17) is 14.2 Å². The molecule has 0 saturated heterocycles. The molecule has 1 rings (SSSR count). The number of halogens is 1. The predicted octanol–water partition coefficient (Wildman–Crippen LogP) is 3.89. The van der Waals surface area contributed by atoms with E-state index in [-0.39, 0.29) is 29.9 Å². The van der Waals surface area contributed by atoms with Crippen LogP contribution in [0.25, 0.3) is 0 Å². The Morgan fingerprint density at radius 1 is 1.03 bits per heavy atom. The van der Waals surface area contributed by atoms with Crippen LogP contribution in [0.2, 0.25) is 0 Å². The van der Waals surface area contributed by atoms with Crippen LogP contribution in [0.3, 0.4) is 0 Å². The Labute approximate surface area is 192 Å². The summed E-state index contributed by atoms with van der Waals surface area (Å²) < 4.78 is 15.6. The number of rotatable bonds is 13. The van der Waals surface area contributed by atoms with Gasteiger partial charge >= 0.3 is 5.97 Å². The summed E-state index contributed by atoms with van der Waals surface area (Å²) in [5, 5.41) is 6.61. The van der Waals surface area contributed by atoms with E-state index >= 15 is 0 Å². The molecule has 2 N–H and O–H groups in total. The van der Waals surface area contributed by atoms with E-state index in [9.17, 15) is 4.79 Å². The van der Waals surface area contributed by atoms with Crippen molar-refractivity contribution in [3.05, 3.63) is 23.8 Å². The maximum atomic E-state index is 11.3. The zero-order chi connectivity index (χ0) is 20.6. The fraction of sp³-hybridized carbons (Fsp3) is 0.619. The highest BCUT2D eigenvalue weighted by Crippen LogP contribution is 2.25. The molecule has 0 bridgehead atoms. The van der Waals surface area contributed by atoms with Gasteiger partial charge in [0.25, 0.3) is 0 Å². The summed E-state index contributed by atoms with van der Waals surface area (Å²) in [5.41, 5.74) is 1.000. The largest absolute Gasteiger partial charge is 0.497 e. The molecule has 1 aromatic carbocycles. The summed E-state index contributed by atoms with van der Waals surface area (Å²) >= 11 is 0. The lowest BCUT2D eigenvalue weighted by molar-refractivity contribution is -0.143. The molecule has 0 heterocycles. The third-order valence-corrected chi connectivity index (χ3v) is 4.15. The smallest absolute Gasteiger partial charge is 0.305 e. The van der Waals surface area contributed by atoms with E-state index in [1.54, 1.807) is 14.2 Å². The van der Waals surface area contributed by atoms with Crippen molar-refractivity contribution in [2.24, 2.45) is 4.99 Å². The number of hydrogen-bond acceptors (Lipinski definition) is 5. The van der Waals surface area contributed by atoms with Gasteiger partial charge in [-0.3, -0.25) is 4.79 Å². The van der Waals surface area contributed by atoms with E-state index in [0.29, 0.717) is 19.6 Å². The molecule has 166 valence electrons. The van der Waals surface area contributed by atoms with E-state index in [1.165, 1.54) is 0 Å². The molecule has 0 aromatic heterocycles. The number of ether oxygens (including phenoxy) is 3. The van der Waals surface area contributed by atoms with E-state index in [0.717, 1.165) is 61.8 Å². The lowest BCUT2D eigenvalue weighted by Crippen LogP contribution is -2.37. The Balaban J connectivity index is 0.00000784. The molecule has 0 aliphatic heterocycles. The van der Waals surface area contributed by atoms with Crippen molar-refractivity contribution in [1.29, 1.82) is 0 Å². The SMILES string of the molecule is CCNC(=NCc1ccc(OC)cc1OC)NCCCCCCC(=O)OCC.I. The summed E-state index contributed by atoms with van der Waals surface area (Å²) in [6.45, 7) is 6.48. The normalized spacial score (nSPS) is 10.7. The van der Waals surface area contributed by atoms with Crippen LogP contribution in [0.15, 0.2) is 23.2 Å². The summed E-state index contributed by atoms with van der Waals surface area (Å²) in [6.07, 6.45) is 4.51. The van der Waals surface area contributed by atoms with Gasteiger partial charge in [-0.1, -0.05) is 12.8 Å². The molecule has 0 atom stereocenters. The van der Waals surface area contributed by atoms with Gasteiger partial charge in [0.2, 0.25) is 0 Å². The Morgan fingerprint density at radius 2 is 1.79 bits per heavy atom. The summed E-state index contributed by atoms with van der Waals surface area (Å²) in [4.78, 5) is 15.9. The molecule has 0 aliphatic carbocycles. The van der Waals surface area contributed by atoms with Gasteiger partial charge in [0, 0.05) is 31.1 Å². The summed E-state index contributed by atoms with van der Waals surface area (Å²) in [7, 11) is 3.28. The maximum Gasteiger partial charge on any atom is 0.305 e. The Kier molecular flexibility index (Phi) is 16.2. The number of hydrogen-bond donors (Lipinski definition) is 2. The van der Waals surface area contributed by atoms with Gasteiger partial charge in [-0.25, -0.2) is 4.99 Å². The minimum Gasteiger partial charge on any atom is -0.497 e. The van der Waals surface area contributed by atoms with E-state index in [1.807, 2.05) is 32.0 Å². The van der Waals surface area contributed by atoms with Crippen molar-refractivity contribution < 1.29 is 19.0 Å². The van der Waals surface area contributed by atoms with E-state index < -0.39 is 0 Å². The molecule has 1 aromatic rings. The fourth-order valence-corrected chi connectivity index (χ4v) is 2.68. The summed E-state index contributed by atoms with van der Waals surface area (Å²) in [5.74, 6) is 2.21. The van der Waals surface area contributed by atoms with Crippen LogP contribution < -0.4 is 20.1 Å². The average Bonchev–Trinajstić information content (AvgIpc) is 2.71. The Hall–Kier alpha value is -1.71. The monoisotopic (exact) mass is 521 g/mol. The van der Waals surface area contributed by atoms with Crippen LogP contribution >= 0.6 is 24.0 Å². The second-order valence-electron chi connectivity index (χ2n) is 6.27. The number of methoxy groups -OCH3 is 2. The highest BCUT2D eigenvalue weighted by Gasteiger charge is 2.05. The van der Waals surface area contributed by atoms with Gasteiger partial charge in [0.15, 0.2) is 5.96 Å². The molecule has 0 radical (unpaired) electrons. The van der Waals surface area contributed by atoms with Crippen molar-refractivity contribution in [2.75, 3.05) is 33.9 Å². The number of unbranched alkanes of at least 4 members (excludes halogenated alkanes) is 3. The zero-order valence-electron chi connectivity index (χ0n) is 18.1. The predicted molar refractivity (Wildman–Crippen MR) is 127 cm³/mol. The third kappa shape index (κ3) is 11.8. The quantitative estimate of drug-likeness (QED) is 0.135. The minimum absolute atomic E-state index is 0. The lowest BCUT2D eigenvalue weighted by atomic mass is 10.1. The first kappa shape index (κ1) is 27.3. The van der Waals surface area contributed by atoms with Crippen molar-refractivity contribution in [3.63, 3.8) is 0 Å². The van der Waals surface area contributed by atoms with Crippen LogP contribution in [-0.4, -0.2) is 45.8 Å². The van der Waals surface area contributed by atoms with Crippen LogP contribution in [0.4, 0.5) is 0 Å². The van der Waals surface area contributed by atoms with Crippen LogP contribution in [0, 0.1) is 0 Å². The number of esters is 1. The number of benzene rings is 1. The van der Waals surface area contributed by atoms with Crippen molar-refractivity contribution in [2.45, 2.75) is 52.5 Å². The van der Waals surface area contributed by atoms with Gasteiger partial charge < -0.3 is 24.8 Å². The molecular formula is C21H36IN3O4. The highest BCUT2D eigenvalue weighted by atomic mass is 127. The molecule has 7 nitrogen and oxygen atoms in total. The molecule has 0 aliphatic rings. The Bertz CT molecular complexity index is 612. The van der Waals surface area contributed by atoms with Gasteiger partial charge in [-0.2, -0.15) is 0 Å². The topological polar surface area (TPSA) is 81.2 Å². The molecule has 0 amide bonds. The van der Waals surface area contributed by atoms with Gasteiger partial charge in [-0.15, -0.1) is 24.0 Å². The first-order chi connectivity index (χ1) is 13.6. The Morgan fingerprint density at radius 3 is 2.45 bits per heavy atom. The van der Waals surface area contributed by atoms with Crippen LogP contribution in [-0.2, 0) is 16.1 Å². The standard InChI is InChI=1S/C21H35N3O4.HI/c1-5-22-21(23-14-10-8-7-9-11-20(25)28-6-2)24-16-17-12-13-18(26-3)15-19(17)27-4;/h12-13,15H,5-11,14,16H2,1-4H3,(H2,22,23,24);1H. The molecule has 0 spiro atoms. The van der Waals surface area contributed by atoms with Crippen molar-refractivity contribution >= 4 is 35.9 Å². The third-order valence-electron chi connectivity index (χ3n) is 4.15. The number of aliphatic imine (C=N–C) groups is 1. The highest BCUT2D eigenvalue weighted by molar-refractivity contribution is 14.0. The molecule has 0 saturated carbocycles. The number of carbonyl (C=O) groups excluding carboxylic acids is 1. The van der Waals surface area contributed by atoms with E-state index in [2.05, 4.69) is 15.6 Å². The van der Waals surface area contributed by atoms with Gasteiger partial charge in [0.05, 0.1) is 27.4 Å².